The zero-order chi connectivity index (χ0) is 13.7. The molecule has 0 aliphatic heterocycles. The van der Waals surface area contributed by atoms with Gasteiger partial charge in [0, 0.05) is 25.0 Å². The number of carbonyl (C=O) groups excluding carboxylic acids is 1. The van der Waals surface area contributed by atoms with Gasteiger partial charge in [-0.1, -0.05) is 17.7 Å². The van der Waals surface area contributed by atoms with E-state index >= 15 is 0 Å². The van der Waals surface area contributed by atoms with E-state index in [4.69, 9.17) is 5.11 Å². The van der Waals surface area contributed by atoms with Crippen LogP contribution in [0.3, 0.4) is 0 Å². The smallest absolute Gasteiger partial charge is 0.271 e. The van der Waals surface area contributed by atoms with E-state index in [0.29, 0.717) is 18.7 Å². The molecule has 0 saturated heterocycles. The van der Waals surface area contributed by atoms with E-state index < -0.39 is 0 Å². The van der Waals surface area contributed by atoms with Crippen LogP contribution in [0.25, 0.3) is 5.69 Å². The maximum Gasteiger partial charge on any atom is 0.271 e. The Bertz CT molecular complexity index is 546. The molecule has 2 aromatic rings. The highest BCUT2D eigenvalue weighted by Gasteiger charge is 2.09. The van der Waals surface area contributed by atoms with Crippen molar-refractivity contribution in [2.45, 2.75) is 13.3 Å². The lowest BCUT2D eigenvalue weighted by Crippen LogP contribution is -2.25. The number of rotatable bonds is 5. The lowest BCUT2D eigenvalue weighted by Gasteiger charge is -2.02. The van der Waals surface area contributed by atoms with Gasteiger partial charge in [-0.15, -0.1) is 0 Å². The summed E-state index contributed by atoms with van der Waals surface area (Å²) in [6, 6.07) is 7.97. The lowest BCUT2D eigenvalue weighted by atomic mass is 10.2. The zero-order valence-corrected chi connectivity index (χ0v) is 10.8. The van der Waals surface area contributed by atoms with Gasteiger partial charge < -0.3 is 15.0 Å². The Morgan fingerprint density at radius 3 is 2.79 bits per heavy atom. The summed E-state index contributed by atoms with van der Waals surface area (Å²) < 4.78 is 1.81. The number of amides is 1. The van der Waals surface area contributed by atoms with Gasteiger partial charge in [-0.05, 0) is 25.5 Å². The molecule has 1 amide bonds. The molecule has 5 heteroatoms. The summed E-state index contributed by atoms with van der Waals surface area (Å²) in [4.78, 5) is 15.8. The number of aliphatic hydroxyl groups excluding tert-OH is 1. The molecule has 0 saturated carbocycles. The number of aryl methyl sites for hydroxylation is 1. The Hall–Kier alpha value is -2.14. The summed E-state index contributed by atoms with van der Waals surface area (Å²) in [5.41, 5.74) is 2.52. The van der Waals surface area contributed by atoms with E-state index in [1.165, 1.54) is 5.56 Å². The van der Waals surface area contributed by atoms with Crippen LogP contribution in [0.15, 0.2) is 36.8 Å². The molecule has 0 fully saturated rings. The molecule has 0 aliphatic rings. The van der Waals surface area contributed by atoms with Gasteiger partial charge in [0.05, 0.1) is 0 Å². The number of hydrogen-bond acceptors (Lipinski definition) is 3. The molecule has 0 spiro atoms. The minimum absolute atomic E-state index is 0.0675. The number of nitrogens with zero attached hydrogens (tertiary/aromatic N) is 2. The molecule has 1 aromatic carbocycles. The van der Waals surface area contributed by atoms with E-state index in [0.717, 1.165) is 5.69 Å². The second-order valence-corrected chi connectivity index (χ2v) is 4.33. The van der Waals surface area contributed by atoms with Crippen LogP contribution < -0.4 is 5.32 Å². The molecule has 19 heavy (non-hydrogen) atoms. The highest BCUT2D eigenvalue weighted by atomic mass is 16.3. The predicted molar refractivity (Wildman–Crippen MR) is 72.3 cm³/mol. The fourth-order valence-electron chi connectivity index (χ4n) is 1.67. The van der Waals surface area contributed by atoms with Crippen LogP contribution in [0.1, 0.15) is 22.5 Å². The number of imidazole rings is 1. The molecule has 1 heterocycles. The van der Waals surface area contributed by atoms with Crippen LogP contribution in [0.2, 0.25) is 0 Å². The molecule has 1 aromatic heterocycles. The number of hydrogen-bond donors (Lipinski definition) is 2. The summed E-state index contributed by atoms with van der Waals surface area (Å²) >= 11 is 0. The topological polar surface area (TPSA) is 67.2 Å². The molecule has 2 rings (SSSR count). The summed E-state index contributed by atoms with van der Waals surface area (Å²) in [5.74, 6) is -0.223. The molecular weight excluding hydrogens is 242 g/mol. The van der Waals surface area contributed by atoms with Crippen molar-refractivity contribution >= 4 is 5.91 Å². The van der Waals surface area contributed by atoms with Gasteiger partial charge in [-0.25, -0.2) is 4.98 Å². The first-order chi connectivity index (χ1) is 9.20. The van der Waals surface area contributed by atoms with Crippen molar-refractivity contribution in [2.75, 3.05) is 13.2 Å². The van der Waals surface area contributed by atoms with Crippen LogP contribution in [0.4, 0.5) is 0 Å². The highest BCUT2D eigenvalue weighted by Crippen LogP contribution is 2.10. The number of nitrogens with one attached hydrogen (secondary N) is 1. The Labute approximate surface area is 111 Å². The second-order valence-electron chi connectivity index (χ2n) is 4.33. The van der Waals surface area contributed by atoms with E-state index in [1.807, 2.05) is 31.2 Å². The minimum atomic E-state index is -0.223. The third-order valence-corrected chi connectivity index (χ3v) is 2.77. The Morgan fingerprint density at radius 1 is 1.37 bits per heavy atom. The molecule has 2 N–H and O–H groups in total. The van der Waals surface area contributed by atoms with E-state index in [-0.39, 0.29) is 12.5 Å². The zero-order valence-electron chi connectivity index (χ0n) is 10.8. The first kappa shape index (κ1) is 13.3. The average Bonchev–Trinajstić information content (AvgIpc) is 2.89. The van der Waals surface area contributed by atoms with Gasteiger partial charge in [0.2, 0.25) is 0 Å². The van der Waals surface area contributed by atoms with Gasteiger partial charge in [0.25, 0.3) is 5.91 Å². The monoisotopic (exact) mass is 259 g/mol. The van der Waals surface area contributed by atoms with Crippen LogP contribution >= 0.6 is 0 Å². The molecule has 5 nitrogen and oxygen atoms in total. The van der Waals surface area contributed by atoms with Crippen LogP contribution in [-0.4, -0.2) is 33.7 Å². The standard InChI is InChI=1S/C14H17N3O2/c1-11-3-5-12(6-4-11)17-9-13(16-10-17)14(19)15-7-2-8-18/h3-6,9-10,18H,2,7-8H2,1H3,(H,15,19). The van der Waals surface area contributed by atoms with Gasteiger partial charge in [0.15, 0.2) is 0 Å². The van der Waals surface area contributed by atoms with Crippen molar-refractivity contribution in [2.24, 2.45) is 0 Å². The Balaban J connectivity index is 2.06. The van der Waals surface area contributed by atoms with Gasteiger partial charge in [-0.2, -0.15) is 0 Å². The molecule has 100 valence electrons. The molecule has 0 radical (unpaired) electrons. The van der Waals surface area contributed by atoms with Gasteiger partial charge in [0.1, 0.15) is 12.0 Å². The summed E-state index contributed by atoms with van der Waals surface area (Å²) in [6.45, 7) is 2.54. The van der Waals surface area contributed by atoms with E-state index in [9.17, 15) is 4.79 Å². The molecule has 0 bridgehead atoms. The third kappa shape index (κ3) is 3.42. The maximum atomic E-state index is 11.7. The predicted octanol–water partition coefficient (Wildman–Crippen LogP) is 1.29. The molecule has 0 atom stereocenters. The van der Waals surface area contributed by atoms with Crippen molar-refractivity contribution in [3.05, 3.63) is 48.0 Å². The fourth-order valence-corrected chi connectivity index (χ4v) is 1.67. The second kappa shape index (κ2) is 6.15. The normalized spacial score (nSPS) is 10.4. The van der Waals surface area contributed by atoms with Crippen LogP contribution in [0.5, 0.6) is 0 Å². The minimum Gasteiger partial charge on any atom is -0.396 e. The Kier molecular flexibility index (Phi) is 4.30. The quantitative estimate of drug-likeness (QED) is 0.795. The van der Waals surface area contributed by atoms with Crippen molar-refractivity contribution in [3.63, 3.8) is 0 Å². The van der Waals surface area contributed by atoms with Crippen molar-refractivity contribution in [1.82, 2.24) is 14.9 Å². The highest BCUT2D eigenvalue weighted by molar-refractivity contribution is 5.92. The maximum absolute atomic E-state index is 11.7. The Morgan fingerprint density at radius 2 is 2.11 bits per heavy atom. The number of aromatic nitrogens is 2. The fraction of sp³-hybridized carbons (Fsp3) is 0.286. The first-order valence-electron chi connectivity index (χ1n) is 6.21. The van der Waals surface area contributed by atoms with E-state index in [1.54, 1.807) is 17.1 Å². The van der Waals surface area contributed by atoms with Crippen molar-refractivity contribution in [1.29, 1.82) is 0 Å². The van der Waals surface area contributed by atoms with Crippen LogP contribution in [-0.2, 0) is 0 Å². The lowest BCUT2D eigenvalue weighted by molar-refractivity contribution is 0.0946. The molecule has 0 unspecified atom stereocenters. The van der Waals surface area contributed by atoms with Gasteiger partial charge in [-0.3, -0.25) is 4.79 Å². The third-order valence-electron chi connectivity index (χ3n) is 2.77. The number of aliphatic hydroxyl groups is 1. The largest absolute Gasteiger partial charge is 0.396 e. The summed E-state index contributed by atoms with van der Waals surface area (Å²) in [6.07, 6.45) is 3.86. The number of benzene rings is 1. The number of carbonyl (C=O) groups is 1. The average molecular weight is 259 g/mol. The van der Waals surface area contributed by atoms with Crippen molar-refractivity contribution in [3.8, 4) is 5.69 Å². The molecular formula is C14H17N3O2. The SMILES string of the molecule is Cc1ccc(-n2cnc(C(=O)NCCCO)c2)cc1. The first-order valence-corrected chi connectivity index (χ1v) is 6.21. The van der Waals surface area contributed by atoms with Crippen molar-refractivity contribution < 1.29 is 9.90 Å². The van der Waals surface area contributed by atoms with Crippen LogP contribution in [0, 0.1) is 6.92 Å². The van der Waals surface area contributed by atoms with Gasteiger partial charge >= 0.3 is 0 Å². The molecule has 0 aliphatic carbocycles. The van der Waals surface area contributed by atoms with E-state index in [2.05, 4.69) is 10.3 Å². The summed E-state index contributed by atoms with van der Waals surface area (Å²) in [7, 11) is 0. The summed E-state index contributed by atoms with van der Waals surface area (Å²) in [5, 5.41) is 11.4.